The molecule has 0 amide bonds. The SMILES string of the molecule is Cc1cccc(NC2COCc3ccccc32)c1Br. The largest absolute Gasteiger partial charge is 0.375 e. The molecule has 3 rings (SSSR count). The van der Waals surface area contributed by atoms with Crippen LogP contribution in [0.2, 0.25) is 0 Å². The normalized spacial score (nSPS) is 17.9. The number of nitrogens with one attached hydrogen (secondary N) is 1. The predicted octanol–water partition coefficient (Wildman–Crippen LogP) is 4.44. The summed E-state index contributed by atoms with van der Waals surface area (Å²) in [6.07, 6.45) is 0. The van der Waals surface area contributed by atoms with Gasteiger partial charge in [0, 0.05) is 10.2 Å². The summed E-state index contributed by atoms with van der Waals surface area (Å²) in [5, 5.41) is 3.57. The smallest absolute Gasteiger partial charge is 0.0751 e. The van der Waals surface area contributed by atoms with E-state index in [9.17, 15) is 0 Å². The molecule has 0 aliphatic carbocycles. The Morgan fingerprint density at radius 3 is 2.89 bits per heavy atom. The van der Waals surface area contributed by atoms with Crippen molar-refractivity contribution in [3.8, 4) is 0 Å². The second kappa shape index (κ2) is 5.35. The van der Waals surface area contributed by atoms with Crippen LogP contribution in [0.4, 0.5) is 5.69 Å². The first kappa shape index (κ1) is 12.7. The average molecular weight is 318 g/mol. The van der Waals surface area contributed by atoms with Crippen LogP contribution in [0.1, 0.15) is 22.7 Å². The Labute approximate surface area is 121 Å². The highest BCUT2D eigenvalue weighted by Crippen LogP contribution is 2.32. The van der Waals surface area contributed by atoms with E-state index in [-0.39, 0.29) is 6.04 Å². The molecular weight excluding hydrogens is 302 g/mol. The summed E-state index contributed by atoms with van der Waals surface area (Å²) in [7, 11) is 0. The third-order valence-corrected chi connectivity index (χ3v) is 4.55. The molecular formula is C16H16BrNO. The van der Waals surface area contributed by atoms with E-state index in [1.165, 1.54) is 16.7 Å². The number of fused-ring (bicyclic) bond motifs is 1. The first-order valence-corrected chi connectivity index (χ1v) is 7.22. The highest BCUT2D eigenvalue weighted by Gasteiger charge is 2.20. The van der Waals surface area contributed by atoms with Crippen molar-refractivity contribution >= 4 is 21.6 Å². The lowest BCUT2D eigenvalue weighted by Gasteiger charge is -2.28. The highest BCUT2D eigenvalue weighted by molar-refractivity contribution is 9.10. The second-order valence-corrected chi connectivity index (χ2v) is 5.64. The van der Waals surface area contributed by atoms with Crippen molar-refractivity contribution in [3.05, 3.63) is 63.6 Å². The monoisotopic (exact) mass is 317 g/mol. The zero-order valence-corrected chi connectivity index (χ0v) is 12.4. The lowest BCUT2D eigenvalue weighted by atomic mass is 9.99. The number of ether oxygens (including phenoxy) is 1. The van der Waals surface area contributed by atoms with E-state index < -0.39 is 0 Å². The van der Waals surface area contributed by atoms with Crippen LogP contribution in [0.25, 0.3) is 0 Å². The van der Waals surface area contributed by atoms with E-state index >= 15 is 0 Å². The molecule has 1 unspecified atom stereocenters. The number of anilines is 1. The Kier molecular flexibility index (Phi) is 3.58. The molecule has 1 atom stereocenters. The summed E-state index contributed by atoms with van der Waals surface area (Å²) in [4.78, 5) is 0. The van der Waals surface area contributed by atoms with Gasteiger partial charge in [0.05, 0.1) is 19.3 Å². The lowest BCUT2D eigenvalue weighted by molar-refractivity contribution is 0.0970. The third-order valence-electron chi connectivity index (χ3n) is 3.49. The van der Waals surface area contributed by atoms with Gasteiger partial charge in [-0.05, 0) is 45.6 Å². The van der Waals surface area contributed by atoms with Gasteiger partial charge in [0.2, 0.25) is 0 Å². The maximum absolute atomic E-state index is 5.67. The average Bonchev–Trinajstić information content (AvgIpc) is 2.44. The molecule has 2 aromatic carbocycles. The number of benzene rings is 2. The molecule has 0 bridgehead atoms. The Hall–Kier alpha value is -1.32. The number of rotatable bonds is 2. The molecule has 3 heteroatoms. The minimum atomic E-state index is 0.211. The third kappa shape index (κ3) is 2.53. The number of hydrogen-bond acceptors (Lipinski definition) is 2. The van der Waals surface area contributed by atoms with E-state index in [1.54, 1.807) is 0 Å². The summed E-state index contributed by atoms with van der Waals surface area (Å²) < 4.78 is 6.80. The quantitative estimate of drug-likeness (QED) is 0.884. The van der Waals surface area contributed by atoms with Gasteiger partial charge in [-0.1, -0.05) is 36.4 Å². The van der Waals surface area contributed by atoms with Gasteiger partial charge in [-0.2, -0.15) is 0 Å². The number of halogens is 1. The van der Waals surface area contributed by atoms with Gasteiger partial charge in [-0.3, -0.25) is 0 Å². The molecule has 1 heterocycles. The Morgan fingerprint density at radius 1 is 1.16 bits per heavy atom. The van der Waals surface area contributed by atoms with Gasteiger partial charge in [-0.25, -0.2) is 0 Å². The van der Waals surface area contributed by atoms with E-state index in [0.29, 0.717) is 13.2 Å². The van der Waals surface area contributed by atoms with Crippen molar-refractivity contribution in [2.75, 3.05) is 11.9 Å². The van der Waals surface area contributed by atoms with Crippen molar-refractivity contribution in [3.63, 3.8) is 0 Å². The van der Waals surface area contributed by atoms with Gasteiger partial charge < -0.3 is 10.1 Å². The van der Waals surface area contributed by atoms with Crippen molar-refractivity contribution < 1.29 is 4.74 Å². The van der Waals surface area contributed by atoms with Crippen LogP contribution in [0, 0.1) is 6.92 Å². The van der Waals surface area contributed by atoms with E-state index in [2.05, 4.69) is 70.6 Å². The minimum Gasteiger partial charge on any atom is -0.375 e. The summed E-state index contributed by atoms with van der Waals surface area (Å²) in [5.41, 5.74) is 4.96. The Bertz CT molecular complexity index is 597. The van der Waals surface area contributed by atoms with Gasteiger partial charge in [-0.15, -0.1) is 0 Å². The van der Waals surface area contributed by atoms with Crippen LogP contribution in [0.15, 0.2) is 46.9 Å². The highest BCUT2D eigenvalue weighted by atomic mass is 79.9. The summed E-state index contributed by atoms with van der Waals surface area (Å²) in [6, 6.07) is 14.9. The second-order valence-electron chi connectivity index (χ2n) is 4.85. The molecule has 0 aromatic heterocycles. The summed E-state index contributed by atoms with van der Waals surface area (Å²) >= 11 is 3.64. The summed E-state index contributed by atoms with van der Waals surface area (Å²) in [6.45, 7) is 3.52. The van der Waals surface area contributed by atoms with Gasteiger partial charge >= 0.3 is 0 Å². The Morgan fingerprint density at radius 2 is 2.00 bits per heavy atom. The zero-order chi connectivity index (χ0) is 13.2. The molecule has 2 nitrogen and oxygen atoms in total. The van der Waals surface area contributed by atoms with E-state index in [1.807, 2.05) is 0 Å². The van der Waals surface area contributed by atoms with E-state index in [4.69, 9.17) is 4.74 Å². The van der Waals surface area contributed by atoms with Crippen molar-refractivity contribution in [1.29, 1.82) is 0 Å². The fourth-order valence-electron chi connectivity index (χ4n) is 2.45. The number of hydrogen-bond donors (Lipinski definition) is 1. The van der Waals surface area contributed by atoms with Crippen LogP contribution in [-0.2, 0) is 11.3 Å². The number of aryl methyl sites for hydroxylation is 1. The molecule has 98 valence electrons. The lowest BCUT2D eigenvalue weighted by Crippen LogP contribution is -2.23. The van der Waals surface area contributed by atoms with Crippen molar-refractivity contribution in [2.24, 2.45) is 0 Å². The van der Waals surface area contributed by atoms with Gasteiger partial charge in [0.15, 0.2) is 0 Å². The fourth-order valence-corrected chi connectivity index (χ4v) is 2.83. The first-order valence-electron chi connectivity index (χ1n) is 6.43. The van der Waals surface area contributed by atoms with E-state index in [0.717, 1.165) is 10.2 Å². The molecule has 0 saturated heterocycles. The van der Waals surface area contributed by atoms with Gasteiger partial charge in [0.25, 0.3) is 0 Å². The molecule has 0 fully saturated rings. The standard InChI is InChI=1S/C16H16BrNO/c1-11-5-4-8-14(16(11)17)18-15-10-19-9-12-6-2-3-7-13(12)15/h2-8,15,18H,9-10H2,1H3. The fraction of sp³-hybridized carbons (Fsp3) is 0.250. The molecule has 0 radical (unpaired) electrons. The minimum absolute atomic E-state index is 0.211. The summed E-state index contributed by atoms with van der Waals surface area (Å²) in [5.74, 6) is 0. The Balaban J connectivity index is 1.91. The molecule has 0 spiro atoms. The van der Waals surface area contributed by atoms with Crippen molar-refractivity contribution in [1.82, 2.24) is 0 Å². The maximum Gasteiger partial charge on any atom is 0.0751 e. The zero-order valence-electron chi connectivity index (χ0n) is 10.8. The van der Waals surface area contributed by atoms with Crippen LogP contribution in [0.5, 0.6) is 0 Å². The molecule has 19 heavy (non-hydrogen) atoms. The van der Waals surface area contributed by atoms with Gasteiger partial charge in [0.1, 0.15) is 0 Å². The molecule has 1 aliphatic heterocycles. The van der Waals surface area contributed by atoms with Crippen LogP contribution >= 0.6 is 15.9 Å². The van der Waals surface area contributed by atoms with Crippen LogP contribution < -0.4 is 5.32 Å². The molecule has 1 aliphatic rings. The first-order chi connectivity index (χ1) is 9.25. The van der Waals surface area contributed by atoms with Crippen LogP contribution in [-0.4, -0.2) is 6.61 Å². The predicted molar refractivity (Wildman–Crippen MR) is 81.3 cm³/mol. The van der Waals surface area contributed by atoms with Crippen molar-refractivity contribution in [2.45, 2.75) is 19.6 Å². The van der Waals surface area contributed by atoms with Crippen LogP contribution in [0.3, 0.4) is 0 Å². The molecule has 1 N–H and O–H groups in total. The molecule has 2 aromatic rings. The maximum atomic E-state index is 5.67. The molecule has 0 saturated carbocycles. The topological polar surface area (TPSA) is 21.3 Å².